The zero-order chi connectivity index (χ0) is 6.24. The van der Waals surface area contributed by atoms with Crippen LogP contribution in [0.4, 0.5) is 0 Å². The molecule has 1 aromatic carbocycles. The molecule has 0 saturated heterocycles. The third kappa shape index (κ3) is 7.00. The highest BCUT2D eigenvalue weighted by Gasteiger charge is 1.57. The first-order chi connectivity index (χ1) is 4.00. The van der Waals surface area contributed by atoms with Gasteiger partial charge in [0.1, 0.15) is 0 Å². The summed E-state index contributed by atoms with van der Waals surface area (Å²) >= 11 is 0. The number of hydrogen-bond acceptors (Lipinski definition) is 0. The Labute approximate surface area is 60.9 Å². The molecular formula is C8H12Si. The summed E-state index contributed by atoms with van der Waals surface area (Å²) in [6.07, 6.45) is 8.00. The summed E-state index contributed by atoms with van der Waals surface area (Å²) in [6, 6.07) is 12.0. The smallest absolute Gasteiger partial charge is 0.0149 e. The van der Waals surface area contributed by atoms with E-state index in [0.717, 1.165) is 0 Å². The van der Waals surface area contributed by atoms with E-state index in [1.165, 1.54) is 0 Å². The fourth-order valence-electron chi connectivity index (χ4n) is 0.385. The van der Waals surface area contributed by atoms with Gasteiger partial charge in [-0.3, -0.25) is 0 Å². The highest BCUT2D eigenvalue weighted by atomic mass is 28.1. The monoisotopic (exact) mass is 136 g/mol. The number of hydrogen-bond donors (Lipinski definition) is 0. The Morgan fingerprint density at radius 2 is 0.667 bits per heavy atom. The zero-order valence-electron chi connectivity index (χ0n) is 4.62. The molecule has 0 atom stereocenters. The molecule has 0 fully saturated rings. The lowest BCUT2D eigenvalue weighted by Gasteiger charge is -1.69. The lowest BCUT2D eigenvalue weighted by molar-refractivity contribution is 1.72. The van der Waals surface area contributed by atoms with E-state index in [0.29, 0.717) is 0 Å². The molecule has 0 radical (unpaired) electrons. The second-order valence-electron chi connectivity index (χ2n) is 1.15. The fraction of sp³-hybridized carbons (Fsp3) is 0. The van der Waals surface area contributed by atoms with Crippen LogP contribution in [-0.2, 0) is 0 Å². The van der Waals surface area contributed by atoms with Crippen molar-refractivity contribution in [3.8, 4) is 12.8 Å². The van der Waals surface area contributed by atoms with Crippen LogP contribution in [0.15, 0.2) is 36.4 Å². The van der Waals surface area contributed by atoms with Crippen molar-refractivity contribution in [1.82, 2.24) is 0 Å². The molecule has 1 rings (SSSR count). The summed E-state index contributed by atoms with van der Waals surface area (Å²) in [7, 11) is 0. The quantitative estimate of drug-likeness (QED) is 0.359. The molecule has 0 spiro atoms. The number of benzene rings is 1. The molecule has 0 N–H and O–H groups in total. The Bertz CT molecular complexity index is 105. The van der Waals surface area contributed by atoms with Crippen LogP contribution in [0.2, 0.25) is 0 Å². The number of terminal acetylenes is 1. The predicted octanol–water partition coefficient (Wildman–Crippen LogP) is 0.484. The fourth-order valence-corrected chi connectivity index (χ4v) is 0.385. The third-order valence-electron chi connectivity index (χ3n) is 0.667. The van der Waals surface area contributed by atoms with Crippen LogP contribution in [0.1, 0.15) is 0 Å². The van der Waals surface area contributed by atoms with E-state index >= 15 is 0 Å². The first-order valence-corrected chi connectivity index (χ1v) is 2.33. The first-order valence-electron chi connectivity index (χ1n) is 2.33. The summed E-state index contributed by atoms with van der Waals surface area (Å²) in [4.78, 5) is 0. The molecule has 0 aliphatic rings. The molecule has 0 aromatic heterocycles. The van der Waals surface area contributed by atoms with Crippen molar-refractivity contribution in [2.45, 2.75) is 0 Å². The normalized spacial score (nSPS) is 5.56. The largest absolute Gasteiger partial charge is 0.124 e. The lowest BCUT2D eigenvalue weighted by Crippen LogP contribution is -1.47. The van der Waals surface area contributed by atoms with E-state index in [1.54, 1.807) is 0 Å². The second kappa shape index (κ2) is 10.1. The van der Waals surface area contributed by atoms with E-state index in [2.05, 4.69) is 12.8 Å². The summed E-state index contributed by atoms with van der Waals surface area (Å²) in [5.74, 6) is 0. The van der Waals surface area contributed by atoms with Gasteiger partial charge >= 0.3 is 0 Å². The summed E-state index contributed by atoms with van der Waals surface area (Å²) < 4.78 is 0. The molecule has 1 aromatic rings. The van der Waals surface area contributed by atoms with Gasteiger partial charge < -0.3 is 0 Å². The van der Waals surface area contributed by atoms with Crippen molar-refractivity contribution in [2.24, 2.45) is 0 Å². The molecule has 0 aliphatic carbocycles. The molecule has 0 nitrogen and oxygen atoms in total. The average molecular weight is 136 g/mol. The van der Waals surface area contributed by atoms with E-state index in [9.17, 15) is 0 Å². The van der Waals surface area contributed by atoms with Gasteiger partial charge in [0.25, 0.3) is 0 Å². The van der Waals surface area contributed by atoms with Gasteiger partial charge in [0.15, 0.2) is 0 Å². The molecule has 0 heterocycles. The topological polar surface area (TPSA) is 0 Å². The Morgan fingerprint density at radius 1 is 0.556 bits per heavy atom. The summed E-state index contributed by atoms with van der Waals surface area (Å²) in [5, 5.41) is 0. The second-order valence-corrected chi connectivity index (χ2v) is 1.15. The van der Waals surface area contributed by atoms with Crippen molar-refractivity contribution in [3.63, 3.8) is 0 Å². The minimum atomic E-state index is 0. The Kier molecular flexibility index (Phi) is 12.2. The maximum atomic E-state index is 4.00. The molecule has 48 valence electrons. The summed E-state index contributed by atoms with van der Waals surface area (Å²) in [6.45, 7) is 0. The SMILES string of the molecule is C#C.[SiH4].c1ccccc1. The van der Waals surface area contributed by atoms with Crippen LogP contribution in [0.5, 0.6) is 0 Å². The molecule has 9 heavy (non-hydrogen) atoms. The minimum absolute atomic E-state index is 0. The van der Waals surface area contributed by atoms with Gasteiger partial charge in [0.05, 0.1) is 0 Å². The van der Waals surface area contributed by atoms with E-state index < -0.39 is 0 Å². The van der Waals surface area contributed by atoms with E-state index in [-0.39, 0.29) is 11.0 Å². The van der Waals surface area contributed by atoms with E-state index in [4.69, 9.17) is 0 Å². The van der Waals surface area contributed by atoms with Crippen LogP contribution in [-0.4, -0.2) is 11.0 Å². The lowest BCUT2D eigenvalue weighted by atomic mass is 10.4. The van der Waals surface area contributed by atoms with Crippen molar-refractivity contribution in [2.75, 3.05) is 0 Å². The van der Waals surface area contributed by atoms with Gasteiger partial charge in [-0.15, -0.1) is 12.8 Å². The standard InChI is InChI=1S/C6H6.C2H2.H4Si/c1-2-4-6-5-3-1;1-2;/h1-6H;1-2H;1H4. The van der Waals surface area contributed by atoms with E-state index in [1.807, 2.05) is 36.4 Å². The highest BCUT2D eigenvalue weighted by Crippen LogP contribution is 1.79. The summed E-state index contributed by atoms with van der Waals surface area (Å²) in [5.41, 5.74) is 0. The highest BCUT2D eigenvalue weighted by molar-refractivity contribution is 5.75. The Balaban J connectivity index is 0. The first kappa shape index (κ1) is 10.9. The average Bonchev–Trinajstić information content (AvgIpc) is 1.96. The van der Waals surface area contributed by atoms with Crippen LogP contribution >= 0.6 is 0 Å². The van der Waals surface area contributed by atoms with Crippen molar-refractivity contribution in [1.29, 1.82) is 0 Å². The van der Waals surface area contributed by atoms with Gasteiger partial charge in [0, 0.05) is 0 Å². The van der Waals surface area contributed by atoms with Gasteiger partial charge in [-0.2, -0.15) is 0 Å². The molecule has 0 bridgehead atoms. The molecule has 0 saturated carbocycles. The zero-order valence-corrected chi connectivity index (χ0v) is 4.62. The van der Waals surface area contributed by atoms with Gasteiger partial charge in [-0.1, -0.05) is 36.4 Å². The minimum Gasteiger partial charge on any atom is -0.124 e. The van der Waals surface area contributed by atoms with Crippen LogP contribution < -0.4 is 0 Å². The molecule has 0 amide bonds. The van der Waals surface area contributed by atoms with Gasteiger partial charge in [0.2, 0.25) is 0 Å². The van der Waals surface area contributed by atoms with Crippen molar-refractivity contribution >= 4 is 11.0 Å². The Hall–Kier alpha value is -1.00. The Morgan fingerprint density at radius 3 is 0.778 bits per heavy atom. The van der Waals surface area contributed by atoms with Crippen molar-refractivity contribution in [3.05, 3.63) is 36.4 Å². The van der Waals surface area contributed by atoms with Crippen LogP contribution in [0, 0.1) is 12.8 Å². The van der Waals surface area contributed by atoms with Crippen LogP contribution in [0.25, 0.3) is 0 Å². The third-order valence-corrected chi connectivity index (χ3v) is 0.667. The molecule has 0 unspecified atom stereocenters. The van der Waals surface area contributed by atoms with Gasteiger partial charge in [-0.05, 0) is 11.0 Å². The predicted molar refractivity (Wildman–Crippen MR) is 47.7 cm³/mol. The maximum Gasteiger partial charge on any atom is -0.0149 e. The molecular weight excluding hydrogens is 124 g/mol. The van der Waals surface area contributed by atoms with Crippen LogP contribution in [0.3, 0.4) is 0 Å². The molecule has 0 aliphatic heterocycles. The maximum absolute atomic E-state index is 4.00. The van der Waals surface area contributed by atoms with Crippen molar-refractivity contribution < 1.29 is 0 Å². The van der Waals surface area contributed by atoms with Gasteiger partial charge in [-0.25, -0.2) is 0 Å². The molecule has 1 heteroatoms. The number of rotatable bonds is 0.